The van der Waals surface area contributed by atoms with E-state index in [-0.39, 0.29) is 11.5 Å². The molecule has 0 aliphatic heterocycles. The van der Waals surface area contributed by atoms with E-state index in [2.05, 4.69) is 25.9 Å². The maximum absolute atomic E-state index is 13.3. The number of aryl methyl sites for hydroxylation is 1. The Hall–Kier alpha value is -1.82. The molecular weight excluding hydrogens is 303 g/mol. The number of halogens is 2. The number of aromatic carboxylic acids is 1. The summed E-state index contributed by atoms with van der Waals surface area (Å²) in [7, 11) is 0. The number of benzene rings is 1. The second-order valence-electron chi connectivity index (χ2n) is 3.69. The van der Waals surface area contributed by atoms with E-state index >= 15 is 0 Å². The van der Waals surface area contributed by atoms with Crippen molar-refractivity contribution in [2.75, 3.05) is 0 Å². The van der Waals surface area contributed by atoms with Crippen molar-refractivity contribution in [2.24, 2.45) is 0 Å². The fourth-order valence-electron chi connectivity index (χ4n) is 1.48. The quantitative estimate of drug-likeness (QED) is 0.926. The topological polar surface area (TPSA) is 63.1 Å². The minimum absolute atomic E-state index is 0.0830. The summed E-state index contributed by atoms with van der Waals surface area (Å²) < 4.78 is 13.8. The number of rotatable bonds is 2. The lowest BCUT2D eigenvalue weighted by Gasteiger charge is -2.04. The summed E-state index contributed by atoms with van der Waals surface area (Å²) in [4.78, 5) is 18.9. The van der Waals surface area contributed by atoms with Crippen LogP contribution in [0.15, 0.2) is 28.9 Å². The first-order valence-corrected chi connectivity index (χ1v) is 5.80. The first-order valence-electron chi connectivity index (χ1n) is 5.01. The Bertz CT molecular complexity index is 611. The van der Waals surface area contributed by atoms with Crippen molar-refractivity contribution < 1.29 is 14.3 Å². The van der Waals surface area contributed by atoms with E-state index in [4.69, 9.17) is 5.11 Å². The van der Waals surface area contributed by atoms with E-state index in [1.807, 2.05) is 0 Å². The second-order valence-corrected chi connectivity index (χ2v) is 4.60. The third-order valence-electron chi connectivity index (χ3n) is 2.30. The highest BCUT2D eigenvalue weighted by Crippen LogP contribution is 2.22. The molecule has 0 bridgehead atoms. The first-order chi connectivity index (χ1) is 8.47. The van der Waals surface area contributed by atoms with Gasteiger partial charge in [-0.3, -0.25) is 0 Å². The van der Waals surface area contributed by atoms with Crippen LogP contribution in [0.2, 0.25) is 0 Å². The Balaban J connectivity index is 2.57. The number of hydrogen-bond acceptors (Lipinski definition) is 3. The van der Waals surface area contributed by atoms with Crippen molar-refractivity contribution in [1.29, 1.82) is 0 Å². The van der Waals surface area contributed by atoms with Crippen LogP contribution in [0.1, 0.15) is 16.1 Å². The lowest BCUT2D eigenvalue weighted by molar-refractivity contribution is 0.0689. The van der Waals surface area contributed by atoms with Crippen LogP contribution in [0.4, 0.5) is 4.39 Å². The number of carbonyl (C=O) groups is 1. The van der Waals surface area contributed by atoms with E-state index < -0.39 is 11.8 Å². The summed E-state index contributed by atoms with van der Waals surface area (Å²) in [6.07, 6.45) is 1.41. The van der Waals surface area contributed by atoms with E-state index in [9.17, 15) is 9.18 Å². The number of carboxylic acid groups (broad SMARTS) is 1. The molecular formula is C12H8BrFN2O2. The molecule has 0 fully saturated rings. The zero-order valence-electron chi connectivity index (χ0n) is 9.32. The predicted octanol–water partition coefficient (Wildman–Crippen LogP) is 3.05. The van der Waals surface area contributed by atoms with Crippen molar-refractivity contribution >= 4 is 21.9 Å². The van der Waals surface area contributed by atoms with E-state index in [0.29, 0.717) is 15.6 Å². The molecule has 1 N–H and O–H groups in total. The molecule has 0 unspecified atom stereocenters. The second kappa shape index (κ2) is 4.81. The maximum atomic E-state index is 13.3. The van der Waals surface area contributed by atoms with Gasteiger partial charge in [0.2, 0.25) is 0 Å². The molecule has 0 radical (unpaired) electrons. The predicted molar refractivity (Wildman–Crippen MR) is 66.8 cm³/mol. The van der Waals surface area contributed by atoms with Crippen LogP contribution in [0.25, 0.3) is 11.4 Å². The molecule has 0 aliphatic carbocycles. The van der Waals surface area contributed by atoms with Gasteiger partial charge in [0.25, 0.3) is 0 Å². The molecule has 6 heteroatoms. The van der Waals surface area contributed by atoms with Gasteiger partial charge >= 0.3 is 5.97 Å². The maximum Gasteiger partial charge on any atom is 0.354 e. The van der Waals surface area contributed by atoms with Gasteiger partial charge in [-0.1, -0.05) is 15.9 Å². The van der Waals surface area contributed by atoms with Crippen molar-refractivity contribution in [2.45, 2.75) is 6.92 Å². The van der Waals surface area contributed by atoms with E-state index in [1.165, 1.54) is 18.3 Å². The molecule has 0 atom stereocenters. The highest BCUT2D eigenvalue weighted by atomic mass is 79.9. The Labute approximate surface area is 111 Å². The van der Waals surface area contributed by atoms with Gasteiger partial charge in [0, 0.05) is 21.8 Å². The number of aromatic nitrogens is 2. The van der Waals surface area contributed by atoms with Crippen molar-refractivity contribution in [3.63, 3.8) is 0 Å². The summed E-state index contributed by atoms with van der Waals surface area (Å²) in [5.41, 5.74) is 0.798. The monoisotopic (exact) mass is 310 g/mol. The van der Waals surface area contributed by atoms with Gasteiger partial charge in [-0.15, -0.1) is 0 Å². The standard InChI is InChI=1S/C12H8BrFN2O2/c1-6-5-15-11(16-10(6)12(17)18)7-2-8(13)4-9(14)3-7/h2-5H,1H3,(H,17,18). The highest BCUT2D eigenvalue weighted by Gasteiger charge is 2.12. The van der Waals surface area contributed by atoms with Crippen LogP contribution in [-0.2, 0) is 0 Å². The molecule has 2 aromatic rings. The SMILES string of the molecule is Cc1cnc(-c2cc(F)cc(Br)c2)nc1C(=O)O. The minimum atomic E-state index is -1.13. The fourth-order valence-corrected chi connectivity index (χ4v) is 1.95. The van der Waals surface area contributed by atoms with Gasteiger partial charge in [-0.05, 0) is 25.1 Å². The molecule has 4 nitrogen and oxygen atoms in total. The first kappa shape index (κ1) is 12.6. The molecule has 0 aliphatic rings. The van der Waals surface area contributed by atoms with E-state index in [1.54, 1.807) is 13.0 Å². The van der Waals surface area contributed by atoms with Gasteiger partial charge < -0.3 is 5.11 Å². The Morgan fingerprint density at radius 1 is 1.39 bits per heavy atom. The largest absolute Gasteiger partial charge is 0.477 e. The average molecular weight is 311 g/mol. The minimum Gasteiger partial charge on any atom is -0.477 e. The zero-order valence-corrected chi connectivity index (χ0v) is 10.9. The lowest BCUT2D eigenvalue weighted by atomic mass is 10.2. The summed E-state index contributed by atoms with van der Waals surface area (Å²) in [6.45, 7) is 1.61. The van der Waals surface area contributed by atoms with Gasteiger partial charge in [0.15, 0.2) is 11.5 Å². The van der Waals surface area contributed by atoms with Crippen LogP contribution in [0.5, 0.6) is 0 Å². The molecule has 2 rings (SSSR count). The lowest BCUT2D eigenvalue weighted by Crippen LogP contribution is -2.06. The van der Waals surface area contributed by atoms with Gasteiger partial charge in [0.05, 0.1) is 0 Å². The Kier molecular flexibility index (Phi) is 3.38. The van der Waals surface area contributed by atoms with Crippen LogP contribution in [0, 0.1) is 12.7 Å². The normalized spacial score (nSPS) is 10.4. The molecule has 0 amide bonds. The van der Waals surface area contributed by atoms with Gasteiger partial charge in [-0.2, -0.15) is 0 Å². The van der Waals surface area contributed by atoms with E-state index in [0.717, 1.165) is 0 Å². The van der Waals surface area contributed by atoms with Crippen LogP contribution in [-0.4, -0.2) is 21.0 Å². The number of carboxylic acids is 1. The smallest absolute Gasteiger partial charge is 0.354 e. The third kappa shape index (κ3) is 2.53. The van der Waals surface area contributed by atoms with Crippen LogP contribution in [0.3, 0.4) is 0 Å². The fraction of sp³-hybridized carbons (Fsp3) is 0.0833. The van der Waals surface area contributed by atoms with Crippen molar-refractivity contribution in [3.05, 3.63) is 45.9 Å². The molecule has 1 aromatic heterocycles. The average Bonchev–Trinajstić information content (AvgIpc) is 2.27. The molecule has 1 aromatic carbocycles. The summed E-state index contributed by atoms with van der Waals surface area (Å²) >= 11 is 3.16. The van der Waals surface area contributed by atoms with Crippen molar-refractivity contribution in [1.82, 2.24) is 9.97 Å². The van der Waals surface area contributed by atoms with Gasteiger partial charge in [-0.25, -0.2) is 19.2 Å². The number of nitrogens with zero attached hydrogens (tertiary/aromatic N) is 2. The Morgan fingerprint density at radius 2 is 2.11 bits per heavy atom. The molecule has 18 heavy (non-hydrogen) atoms. The van der Waals surface area contributed by atoms with Gasteiger partial charge in [0.1, 0.15) is 5.82 Å². The molecule has 92 valence electrons. The highest BCUT2D eigenvalue weighted by molar-refractivity contribution is 9.10. The summed E-state index contributed by atoms with van der Waals surface area (Å²) in [5, 5.41) is 8.97. The molecule has 0 saturated heterocycles. The van der Waals surface area contributed by atoms with Crippen LogP contribution < -0.4 is 0 Å². The molecule has 1 heterocycles. The summed E-state index contributed by atoms with van der Waals surface area (Å²) in [6, 6.07) is 4.18. The Morgan fingerprint density at radius 3 is 2.72 bits per heavy atom. The summed E-state index contributed by atoms with van der Waals surface area (Å²) in [5.74, 6) is -1.40. The zero-order chi connectivity index (χ0) is 13.3. The third-order valence-corrected chi connectivity index (χ3v) is 2.75. The van der Waals surface area contributed by atoms with Crippen molar-refractivity contribution in [3.8, 4) is 11.4 Å². The number of hydrogen-bond donors (Lipinski definition) is 1. The molecule has 0 saturated carbocycles. The molecule has 0 spiro atoms. The van der Waals surface area contributed by atoms with Crippen LogP contribution >= 0.6 is 15.9 Å².